The topological polar surface area (TPSA) is 74.7 Å². The lowest BCUT2D eigenvalue weighted by Gasteiger charge is -2.41. The van der Waals surface area contributed by atoms with E-state index in [0.29, 0.717) is 0 Å². The summed E-state index contributed by atoms with van der Waals surface area (Å²) in [4.78, 5) is 32.0. The van der Waals surface area contributed by atoms with Gasteiger partial charge in [0, 0.05) is 51.5 Å². The molecule has 0 bridgehead atoms. The number of hydrogen-bond acceptors (Lipinski definition) is 7. The zero-order chi connectivity index (χ0) is 22.0. The van der Waals surface area contributed by atoms with Crippen LogP contribution in [-0.4, -0.2) is 72.3 Å². The van der Waals surface area contributed by atoms with Crippen molar-refractivity contribution in [2.45, 2.75) is 18.4 Å². The Balaban J connectivity index is 1.46. The number of ether oxygens (including phenoxy) is 1. The number of carbonyl (C=O) groups is 1. The summed E-state index contributed by atoms with van der Waals surface area (Å²) < 4.78 is 4.86. The highest BCUT2D eigenvalue weighted by molar-refractivity contribution is 5.68. The first-order valence-electron chi connectivity index (χ1n) is 10.4. The zero-order valence-electron chi connectivity index (χ0n) is 18.1. The molecule has 1 amide bonds. The minimum atomic E-state index is -0.310. The minimum absolute atomic E-state index is 0.102. The Morgan fingerprint density at radius 3 is 2.65 bits per heavy atom. The van der Waals surface area contributed by atoms with Gasteiger partial charge in [0.2, 0.25) is 0 Å². The van der Waals surface area contributed by atoms with Crippen LogP contribution in [0.1, 0.15) is 29.3 Å². The monoisotopic (exact) mass is 420 g/mol. The second kappa shape index (κ2) is 8.75. The van der Waals surface area contributed by atoms with Crippen molar-refractivity contribution in [1.82, 2.24) is 19.9 Å². The van der Waals surface area contributed by atoms with Crippen molar-refractivity contribution < 1.29 is 9.53 Å². The van der Waals surface area contributed by atoms with E-state index >= 15 is 0 Å². The Morgan fingerprint density at radius 2 is 1.94 bits per heavy atom. The molecule has 2 aliphatic rings. The molecule has 0 spiro atoms. The lowest BCUT2D eigenvalue weighted by molar-refractivity contribution is 0.121. The van der Waals surface area contributed by atoms with Gasteiger partial charge in [0.25, 0.3) is 0 Å². The van der Waals surface area contributed by atoms with Crippen LogP contribution in [-0.2, 0) is 4.74 Å². The summed E-state index contributed by atoms with van der Waals surface area (Å²) in [6.07, 6.45) is 7.60. The van der Waals surface area contributed by atoms with Crippen LogP contribution in [0.15, 0.2) is 37.7 Å². The third-order valence-electron chi connectivity index (χ3n) is 6.13. The number of likely N-dealkylation sites (N-methyl/N-ethyl adjacent to an activating group) is 1. The standard InChI is InChI=1S/C23H28N6O2/c1-5-16-7-8-20(26-19(16)6-2)29-13-17(14-29)21-22(25-11-10-24-21)28-12-9-18(15-28)27(3)23(30)31-4/h5-8,10-11,17-18H,1-2,9,12-15H2,3-4H3. The van der Waals surface area contributed by atoms with Crippen LogP contribution in [0.4, 0.5) is 16.4 Å². The van der Waals surface area contributed by atoms with Crippen molar-refractivity contribution in [3.8, 4) is 0 Å². The van der Waals surface area contributed by atoms with Gasteiger partial charge >= 0.3 is 6.09 Å². The average Bonchev–Trinajstić information content (AvgIpc) is 3.27. The molecule has 1 atom stereocenters. The Morgan fingerprint density at radius 1 is 1.16 bits per heavy atom. The van der Waals surface area contributed by atoms with Gasteiger partial charge in [-0.2, -0.15) is 0 Å². The molecule has 0 radical (unpaired) electrons. The van der Waals surface area contributed by atoms with E-state index in [-0.39, 0.29) is 18.1 Å². The number of amides is 1. The average molecular weight is 421 g/mol. The number of aromatic nitrogens is 3. The Hall–Kier alpha value is -3.42. The predicted molar refractivity (Wildman–Crippen MR) is 122 cm³/mol. The van der Waals surface area contributed by atoms with Gasteiger partial charge in [0.1, 0.15) is 5.82 Å². The van der Waals surface area contributed by atoms with Gasteiger partial charge in [-0.25, -0.2) is 14.8 Å². The molecule has 162 valence electrons. The van der Waals surface area contributed by atoms with Gasteiger partial charge in [-0.3, -0.25) is 4.98 Å². The van der Waals surface area contributed by atoms with Crippen LogP contribution < -0.4 is 9.80 Å². The van der Waals surface area contributed by atoms with E-state index in [0.717, 1.165) is 61.2 Å². The molecule has 2 aromatic rings. The second-order valence-corrected chi connectivity index (χ2v) is 7.89. The van der Waals surface area contributed by atoms with Gasteiger partial charge < -0.3 is 19.4 Å². The maximum Gasteiger partial charge on any atom is 0.409 e. The Kier molecular flexibility index (Phi) is 5.88. The molecule has 4 rings (SSSR count). The molecular formula is C23H28N6O2. The van der Waals surface area contributed by atoms with Crippen LogP contribution in [0.3, 0.4) is 0 Å². The van der Waals surface area contributed by atoms with Crippen LogP contribution in [0.2, 0.25) is 0 Å². The summed E-state index contributed by atoms with van der Waals surface area (Å²) in [7, 11) is 3.19. The van der Waals surface area contributed by atoms with Gasteiger partial charge in [0.15, 0.2) is 5.82 Å². The normalized spacial score (nSPS) is 18.5. The number of pyridine rings is 1. The minimum Gasteiger partial charge on any atom is -0.453 e. The number of rotatable bonds is 6. The van der Waals surface area contributed by atoms with Crippen molar-refractivity contribution in [3.63, 3.8) is 0 Å². The van der Waals surface area contributed by atoms with Gasteiger partial charge in [0.05, 0.1) is 24.5 Å². The van der Waals surface area contributed by atoms with E-state index in [4.69, 9.17) is 9.72 Å². The van der Waals surface area contributed by atoms with Gasteiger partial charge in [-0.15, -0.1) is 0 Å². The molecule has 1 unspecified atom stereocenters. The fraction of sp³-hybridized carbons (Fsp3) is 0.391. The summed E-state index contributed by atoms with van der Waals surface area (Å²) in [6, 6.07) is 4.14. The van der Waals surface area contributed by atoms with Crippen molar-refractivity contribution >= 4 is 29.9 Å². The number of carbonyl (C=O) groups excluding carboxylic acids is 1. The fourth-order valence-electron chi connectivity index (χ4n) is 4.24. The van der Waals surface area contributed by atoms with E-state index in [9.17, 15) is 4.79 Å². The second-order valence-electron chi connectivity index (χ2n) is 7.89. The predicted octanol–water partition coefficient (Wildman–Crippen LogP) is 3.04. The smallest absolute Gasteiger partial charge is 0.409 e. The van der Waals surface area contributed by atoms with E-state index in [1.807, 2.05) is 12.1 Å². The third kappa shape index (κ3) is 3.97. The van der Waals surface area contributed by atoms with Crippen LogP contribution in [0, 0.1) is 0 Å². The summed E-state index contributed by atoms with van der Waals surface area (Å²) in [5.74, 6) is 2.13. The van der Waals surface area contributed by atoms with Crippen LogP contribution in [0.25, 0.3) is 12.2 Å². The van der Waals surface area contributed by atoms with Crippen LogP contribution in [0.5, 0.6) is 0 Å². The lowest BCUT2D eigenvalue weighted by atomic mass is 9.95. The highest BCUT2D eigenvalue weighted by Gasteiger charge is 2.36. The quantitative estimate of drug-likeness (QED) is 0.711. The molecule has 0 saturated carbocycles. The molecule has 4 heterocycles. The molecule has 2 aliphatic heterocycles. The van der Waals surface area contributed by atoms with E-state index in [1.165, 1.54) is 7.11 Å². The Bertz CT molecular complexity index is 988. The summed E-state index contributed by atoms with van der Waals surface area (Å²) in [5.41, 5.74) is 2.83. The van der Waals surface area contributed by atoms with E-state index in [1.54, 1.807) is 36.5 Å². The zero-order valence-corrected chi connectivity index (χ0v) is 18.1. The first kappa shape index (κ1) is 20.8. The number of nitrogens with zero attached hydrogens (tertiary/aromatic N) is 6. The first-order valence-corrected chi connectivity index (χ1v) is 10.4. The summed E-state index contributed by atoms with van der Waals surface area (Å²) in [6.45, 7) is 10.9. The molecule has 8 nitrogen and oxygen atoms in total. The van der Waals surface area contributed by atoms with Crippen molar-refractivity contribution in [3.05, 3.63) is 54.6 Å². The van der Waals surface area contributed by atoms with Gasteiger partial charge in [-0.1, -0.05) is 19.2 Å². The first-order chi connectivity index (χ1) is 15.0. The molecule has 8 heteroatoms. The molecule has 0 aromatic carbocycles. The molecule has 0 aliphatic carbocycles. The molecule has 2 saturated heterocycles. The molecule has 2 aromatic heterocycles. The Labute approximate surface area is 182 Å². The van der Waals surface area contributed by atoms with Crippen LogP contribution >= 0.6 is 0 Å². The van der Waals surface area contributed by atoms with Crippen molar-refractivity contribution in [2.75, 3.05) is 50.1 Å². The summed E-state index contributed by atoms with van der Waals surface area (Å²) in [5, 5.41) is 0. The SMILES string of the molecule is C=Cc1ccc(N2CC(c3nccnc3N3CCC(N(C)C(=O)OC)C3)C2)nc1C=C. The number of anilines is 2. The number of methoxy groups -OCH3 is 1. The number of hydrogen-bond donors (Lipinski definition) is 0. The van der Waals surface area contributed by atoms with Crippen molar-refractivity contribution in [1.29, 1.82) is 0 Å². The fourth-order valence-corrected chi connectivity index (χ4v) is 4.24. The molecular weight excluding hydrogens is 392 g/mol. The molecule has 2 fully saturated rings. The summed E-state index contributed by atoms with van der Waals surface area (Å²) >= 11 is 0. The van der Waals surface area contributed by atoms with E-state index in [2.05, 4.69) is 32.9 Å². The molecule has 0 N–H and O–H groups in total. The maximum atomic E-state index is 11.9. The maximum absolute atomic E-state index is 11.9. The third-order valence-corrected chi connectivity index (χ3v) is 6.13. The highest BCUT2D eigenvalue weighted by Crippen LogP contribution is 2.35. The highest BCUT2D eigenvalue weighted by atomic mass is 16.5. The van der Waals surface area contributed by atoms with E-state index < -0.39 is 0 Å². The van der Waals surface area contributed by atoms with Crippen molar-refractivity contribution in [2.24, 2.45) is 0 Å². The molecule has 31 heavy (non-hydrogen) atoms. The van der Waals surface area contributed by atoms with Gasteiger partial charge in [-0.05, 0) is 30.2 Å². The largest absolute Gasteiger partial charge is 0.453 e. The lowest BCUT2D eigenvalue weighted by Crippen LogP contribution is -2.46.